The van der Waals surface area contributed by atoms with Crippen LogP contribution in [-0.2, 0) is 25.5 Å². The van der Waals surface area contributed by atoms with Crippen LogP contribution in [0.3, 0.4) is 0 Å². The zero-order valence-electron chi connectivity index (χ0n) is 21.1. The van der Waals surface area contributed by atoms with Crippen LogP contribution in [0.1, 0.15) is 44.6 Å². The number of nitrogens with one attached hydrogen (secondary N) is 2. The van der Waals surface area contributed by atoms with E-state index in [9.17, 15) is 14.4 Å². The molecule has 2 N–H and O–H groups in total. The second-order valence-corrected chi connectivity index (χ2v) is 10.6. The van der Waals surface area contributed by atoms with Gasteiger partial charge in [0.2, 0.25) is 17.7 Å². The Bertz CT molecular complexity index is 1240. The normalized spacial score (nSPS) is 30.4. The predicted molar refractivity (Wildman–Crippen MR) is 141 cm³/mol. The van der Waals surface area contributed by atoms with E-state index in [4.69, 9.17) is 4.74 Å². The van der Waals surface area contributed by atoms with E-state index in [0.717, 1.165) is 31.2 Å². The first-order chi connectivity index (χ1) is 18.0. The average Bonchev–Trinajstić information content (AvgIpc) is 3.57. The summed E-state index contributed by atoms with van der Waals surface area (Å²) in [7, 11) is 0. The Morgan fingerprint density at radius 3 is 2.49 bits per heavy atom. The summed E-state index contributed by atoms with van der Waals surface area (Å²) in [4.78, 5) is 43.5. The Hall–Kier alpha value is -3.45. The first-order valence-electron chi connectivity index (χ1n) is 13.5. The van der Waals surface area contributed by atoms with Crippen LogP contribution >= 0.6 is 0 Å². The van der Waals surface area contributed by atoms with Gasteiger partial charge in [0.1, 0.15) is 11.6 Å². The second kappa shape index (κ2) is 9.45. The van der Waals surface area contributed by atoms with Gasteiger partial charge in [-0.05, 0) is 43.0 Å². The van der Waals surface area contributed by atoms with Crippen LogP contribution in [0.5, 0.6) is 0 Å². The summed E-state index contributed by atoms with van der Waals surface area (Å²) in [6.45, 7) is 2.04. The van der Waals surface area contributed by atoms with Crippen molar-refractivity contribution in [2.75, 3.05) is 10.2 Å². The van der Waals surface area contributed by atoms with Crippen molar-refractivity contribution in [3.05, 3.63) is 72.3 Å². The van der Waals surface area contributed by atoms with Crippen LogP contribution in [0.25, 0.3) is 0 Å². The molecule has 2 aromatic rings. The first-order valence-corrected chi connectivity index (χ1v) is 13.5. The summed E-state index contributed by atoms with van der Waals surface area (Å²) >= 11 is 0. The Morgan fingerprint density at radius 2 is 1.73 bits per heavy atom. The SMILES string of the molecule is CCc1ccccc1N1C(=O)C2C(C(=O)Nc3ccccc3)C3C=CC2(O3)C1C(=O)NC1CCCCC1. The summed E-state index contributed by atoms with van der Waals surface area (Å²) in [6, 6.07) is 16.1. The zero-order valence-corrected chi connectivity index (χ0v) is 21.1. The van der Waals surface area contributed by atoms with Crippen molar-refractivity contribution < 1.29 is 19.1 Å². The van der Waals surface area contributed by atoms with Crippen molar-refractivity contribution in [1.82, 2.24) is 5.32 Å². The molecule has 6 rings (SSSR count). The topological polar surface area (TPSA) is 87.7 Å². The van der Waals surface area contributed by atoms with E-state index in [1.165, 1.54) is 6.42 Å². The third-order valence-corrected chi connectivity index (χ3v) is 8.45. The monoisotopic (exact) mass is 499 g/mol. The smallest absolute Gasteiger partial charge is 0.246 e. The van der Waals surface area contributed by atoms with Crippen molar-refractivity contribution in [1.29, 1.82) is 0 Å². The number of nitrogens with zero attached hydrogens (tertiary/aromatic N) is 1. The third-order valence-electron chi connectivity index (χ3n) is 8.45. The standard InChI is InChI=1S/C30H33N3O4/c1-2-19-11-9-10-16-22(19)33-26(28(35)32-21-14-7-4-8-15-21)30-18-17-23(37-30)24(25(30)29(33)36)27(34)31-20-12-5-3-6-13-20/h3,5-6,9-13,16-18,21,23-26H,2,4,7-8,14-15H2,1H3,(H,31,34)(H,32,35). The Balaban J connectivity index is 1.39. The second-order valence-electron chi connectivity index (χ2n) is 10.6. The summed E-state index contributed by atoms with van der Waals surface area (Å²) in [6.07, 6.45) is 9.13. The minimum atomic E-state index is -1.18. The molecule has 2 saturated heterocycles. The molecular weight excluding hydrogens is 466 g/mol. The highest BCUT2D eigenvalue weighted by molar-refractivity contribution is 6.11. The van der Waals surface area contributed by atoms with Gasteiger partial charge in [0.15, 0.2) is 0 Å². The van der Waals surface area contributed by atoms with E-state index in [0.29, 0.717) is 17.8 Å². The van der Waals surface area contributed by atoms with Gasteiger partial charge in [-0.2, -0.15) is 0 Å². The van der Waals surface area contributed by atoms with Crippen molar-refractivity contribution in [2.45, 2.75) is 69.2 Å². The highest BCUT2D eigenvalue weighted by Gasteiger charge is 2.73. The Kier molecular flexibility index (Phi) is 6.11. The lowest BCUT2D eigenvalue weighted by Gasteiger charge is -2.34. The van der Waals surface area contributed by atoms with E-state index in [-0.39, 0.29) is 23.8 Å². The molecule has 7 nitrogen and oxygen atoms in total. The van der Waals surface area contributed by atoms with Gasteiger partial charge < -0.3 is 15.4 Å². The first kappa shape index (κ1) is 23.9. The van der Waals surface area contributed by atoms with Crippen LogP contribution in [-0.4, -0.2) is 41.5 Å². The molecule has 1 aliphatic carbocycles. The number of hydrogen-bond acceptors (Lipinski definition) is 4. The summed E-state index contributed by atoms with van der Waals surface area (Å²) in [5.41, 5.74) is 1.18. The number of amides is 3. The molecule has 2 bridgehead atoms. The van der Waals surface area contributed by atoms with Gasteiger partial charge in [-0.25, -0.2) is 0 Å². The minimum absolute atomic E-state index is 0.0924. The fourth-order valence-electron chi connectivity index (χ4n) is 6.75. The lowest BCUT2D eigenvalue weighted by Crippen LogP contribution is -2.56. The molecule has 3 heterocycles. The van der Waals surface area contributed by atoms with E-state index in [2.05, 4.69) is 10.6 Å². The maximum atomic E-state index is 14.3. The molecule has 0 radical (unpaired) electrons. The maximum absolute atomic E-state index is 14.3. The van der Waals surface area contributed by atoms with Gasteiger partial charge >= 0.3 is 0 Å². The molecule has 7 heteroatoms. The number of ether oxygens (including phenoxy) is 1. The number of benzene rings is 2. The number of anilines is 2. The van der Waals surface area contributed by atoms with E-state index >= 15 is 0 Å². The van der Waals surface area contributed by atoms with Crippen molar-refractivity contribution in [3.63, 3.8) is 0 Å². The molecule has 0 aromatic heterocycles. The summed E-state index contributed by atoms with van der Waals surface area (Å²) in [5, 5.41) is 6.21. The van der Waals surface area contributed by atoms with Crippen molar-refractivity contribution >= 4 is 29.1 Å². The molecule has 2 aromatic carbocycles. The molecule has 192 valence electrons. The van der Waals surface area contributed by atoms with Gasteiger partial charge in [-0.1, -0.05) is 74.7 Å². The Labute approximate surface area is 217 Å². The van der Waals surface area contributed by atoms with Gasteiger partial charge in [0, 0.05) is 17.4 Å². The molecule has 5 atom stereocenters. The summed E-state index contributed by atoms with van der Waals surface area (Å²) in [5.74, 6) is -2.20. The molecule has 1 saturated carbocycles. The Morgan fingerprint density at radius 1 is 1.00 bits per heavy atom. The van der Waals surface area contributed by atoms with Crippen LogP contribution < -0.4 is 15.5 Å². The van der Waals surface area contributed by atoms with E-state index in [1.54, 1.807) is 4.90 Å². The zero-order chi connectivity index (χ0) is 25.6. The van der Waals surface area contributed by atoms with Crippen LogP contribution in [0.15, 0.2) is 66.7 Å². The van der Waals surface area contributed by atoms with Crippen molar-refractivity contribution in [3.8, 4) is 0 Å². The number of rotatable bonds is 6. The molecule has 5 unspecified atom stereocenters. The van der Waals surface area contributed by atoms with Crippen LogP contribution in [0, 0.1) is 11.8 Å². The molecule has 3 aliphatic heterocycles. The fourth-order valence-corrected chi connectivity index (χ4v) is 6.75. The molecule has 1 spiro atoms. The highest BCUT2D eigenvalue weighted by Crippen LogP contribution is 2.56. The highest BCUT2D eigenvalue weighted by atomic mass is 16.5. The number of carbonyl (C=O) groups excluding carboxylic acids is 3. The molecule has 37 heavy (non-hydrogen) atoms. The molecular formula is C30H33N3O4. The van der Waals surface area contributed by atoms with Crippen LogP contribution in [0.4, 0.5) is 11.4 Å². The predicted octanol–water partition coefficient (Wildman–Crippen LogP) is 3.99. The quantitative estimate of drug-likeness (QED) is 0.589. The summed E-state index contributed by atoms with van der Waals surface area (Å²) < 4.78 is 6.48. The van der Waals surface area contributed by atoms with E-state index < -0.39 is 29.6 Å². The number of carbonyl (C=O) groups is 3. The fraction of sp³-hybridized carbons (Fsp3) is 0.433. The van der Waals surface area contributed by atoms with Gasteiger partial charge in [-0.3, -0.25) is 19.3 Å². The van der Waals surface area contributed by atoms with Gasteiger partial charge in [0.05, 0.1) is 17.9 Å². The lowest BCUT2D eigenvalue weighted by atomic mass is 9.74. The van der Waals surface area contributed by atoms with Gasteiger partial charge in [0.25, 0.3) is 0 Å². The number of para-hydroxylation sites is 2. The lowest BCUT2D eigenvalue weighted by molar-refractivity contribution is -0.129. The van der Waals surface area contributed by atoms with E-state index in [1.807, 2.05) is 73.7 Å². The number of aryl methyl sites for hydroxylation is 1. The minimum Gasteiger partial charge on any atom is -0.359 e. The third kappa shape index (κ3) is 3.87. The number of fused-ring (bicyclic) bond motifs is 1. The maximum Gasteiger partial charge on any atom is 0.246 e. The molecule has 3 fully saturated rings. The average molecular weight is 500 g/mol. The largest absolute Gasteiger partial charge is 0.359 e. The van der Waals surface area contributed by atoms with Crippen molar-refractivity contribution in [2.24, 2.45) is 11.8 Å². The number of hydrogen-bond donors (Lipinski definition) is 2. The molecule has 4 aliphatic rings. The van der Waals surface area contributed by atoms with Crippen LogP contribution in [0.2, 0.25) is 0 Å². The molecule has 3 amide bonds. The van der Waals surface area contributed by atoms with Gasteiger partial charge in [-0.15, -0.1) is 0 Å².